The predicted molar refractivity (Wildman–Crippen MR) is 112 cm³/mol. The summed E-state index contributed by atoms with van der Waals surface area (Å²) in [4.78, 5) is 20.4. The number of rotatable bonds is 3. The van der Waals surface area contributed by atoms with Gasteiger partial charge in [-0.25, -0.2) is 4.98 Å². The predicted octanol–water partition coefficient (Wildman–Crippen LogP) is 5.15. The van der Waals surface area contributed by atoms with Gasteiger partial charge in [0.1, 0.15) is 4.83 Å². The molecular formula is C20H18ClN3OS2. The Morgan fingerprint density at radius 3 is 3.04 bits per heavy atom. The summed E-state index contributed by atoms with van der Waals surface area (Å²) in [5.41, 5.74) is 2.74. The second kappa shape index (κ2) is 7.31. The van der Waals surface area contributed by atoms with E-state index in [2.05, 4.69) is 13.0 Å². The molecule has 4 rings (SSSR count). The summed E-state index contributed by atoms with van der Waals surface area (Å²) < 4.78 is 1.61. The lowest BCUT2D eigenvalue weighted by Crippen LogP contribution is -2.22. The van der Waals surface area contributed by atoms with Crippen molar-refractivity contribution in [2.24, 2.45) is 5.92 Å². The summed E-state index contributed by atoms with van der Waals surface area (Å²) in [6, 6.07) is 7.70. The zero-order valence-corrected chi connectivity index (χ0v) is 17.5. The van der Waals surface area contributed by atoms with E-state index >= 15 is 0 Å². The molecule has 0 amide bonds. The van der Waals surface area contributed by atoms with Gasteiger partial charge < -0.3 is 0 Å². The van der Waals surface area contributed by atoms with E-state index in [1.165, 1.54) is 16.6 Å². The molecule has 27 heavy (non-hydrogen) atoms. The van der Waals surface area contributed by atoms with Crippen LogP contribution in [0.1, 0.15) is 29.3 Å². The molecule has 0 saturated carbocycles. The first-order chi connectivity index (χ1) is 13.0. The van der Waals surface area contributed by atoms with Gasteiger partial charge in [0.25, 0.3) is 5.56 Å². The van der Waals surface area contributed by atoms with Gasteiger partial charge in [0, 0.05) is 9.90 Å². The van der Waals surface area contributed by atoms with E-state index in [1.54, 1.807) is 22.0 Å². The number of nitrogens with zero attached hydrogens (tertiary/aromatic N) is 3. The molecule has 0 aliphatic heterocycles. The van der Waals surface area contributed by atoms with Crippen LogP contribution in [0.5, 0.6) is 0 Å². The molecule has 0 unspecified atom stereocenters. The van der Waals surface area contributed by atoms with Crippen molar-refractivity contribution in [1.82, 2.24) is 9.55 Å². The van der Waals surface area contributed by atoms with E-state index in [4.69, 9.17) is 21.8 Å². The van der Waals surface area contributed by atoms with Crippen LogP contribution in [0.25, 0.3) is 15.9 Å². The number of aromatic nitrogens is 2. The molecule has 1 aromatic carbocycles. The summed E-state index contributed by atoms with van der Waals surface area (Å²) in [7, 11) is 0. The normalized spacial score (nSPS) is 16.3. The Hall–Kier alpha value is -1.81. The van der Waals surface area contributed by atoms with E-state index in [-0.39, 0.29) is 11.3 Å². The maximum atomic E-state index is 13.5. The average Bonchev–Trinajstić information content (AvgIpc) is 3.00. The molecule has 0 saturated heterocycles. The van der Waals surface area contributed by atoms with Crippen LogP contribution in [0.15, 0.2) is 28.2 Å². The molecule has 2 aromatic heterocycles. The van der Waals surface area contributed by atoms with Gasteiger partial charge in [-0.15, -0.1) is 11.3 Å². The smallest absolute Gasteiger partial charge is 0.267 e. The molecule has 0 fully saturated rings. The van der Waals surface area contributed by atoms with Gasteiger partial charge in [0.05, 0.1) is 22.9 Å². The summed E-state index contributed by atoms with van der Waals surface area (Å²) in [6.07, 6.45) is 3.03. The Labute approximate surface area is 170 Å². The minimum absolute atomic E-state index is 0.0626. The zero-order valence-electron chi connectivity index (χ0n) is 15.1. The van der Waals surface area contributed by atoms with Crippen molar-refractivity contribution in [3.05, 3.63) is 49.6 Å². The molecule has 1 aliphatic carbocycles. The summed E-state index contributed by atoms with van der Waals surface area (Å²) in [6.45, 7) is 4.18. The van der Waals surface area contributed by atoms with Crippen molar-refractivity contribution in [3.8, 4) is 11.8 Å². The molecule has 4 nitrogen and oxygen atoms in total. The van der Waals surface area contributed by atoms with Crippen molar-refractivity contribution >= 4 is 44.9 Å². The first kappa shape index (κ1) is 18.5. The van der Waals surface area contributed by atoms with Crippen LogP contribution in [0, 0.1) is 24.2 Å². The van der Waals surface area contributed by atoms with Crippen LogP contribution >= 0.6 is 34.7 Å². The number of fused-ring (bicyclic) bond motifs is 3. The first-order valence-corrected chi connectivity index (χ1v) is 11.0. The fourth-order valence-corrected chi connectivity index (χ4v) is 5.79. The lowest BCUT2D eigenvalue weighted by atomic mass is 9.89. The molecular weight excluding hydrogens is 398 g/mol. The van der Waals surface area contributed by atoms with E-state index < -0.39 is 0 Å². The van der Waals surface area contributed by atoms with Crippen molar-refractivity contribution in [2.45, 2.75) is 38.3 Å². The second-order valence-corrected chi connectivity index (χ2v) is 9.38. The Kier molecular flexibility index (Phi) is 5.02. The SMILES string of the molecule is Cc1ccc(-n2c(SCC#N)nc3sc4c(c3c2=O)CC[C@H](C)C4)cc1Cl. The number of benzene rings is 1. The number of hydrogen-bond acceptors (Lipinski definition) is 5. The highest BCUT2D eigenvalue weighted by Crippen LogP contribution is 2.37. The average molecular weight is 416 g/mol. The van der Waals surface area contributed by atoms with Crippen molar-refractivity contribution < 1.29 is 0 Å². The largest absolute Gasteiger partial charge is 0.268 e. The van der Waals surface area contributed by atoms with Gasteiger partial charge in [-0.3, -0.25) is 9.36 Å². The fourth-order valence-electron chi connectivity index (χ4n) is 3.51. The lowest BCUT2D eigenvalue weighted by molar-refractivity contribution is 0.509. The number of aryl methyl sites for hydroxylation is 2. The topological polar surface area (TPSA) is 58.7 Å². The van der Waals surface area contributed by atoms with Gasteiger partial charge in [0.15, 0.2) is 5.16 Å². The Morgan fingerprint density at radius 2 is 2.30 bits per heavy atom. The minimum Gasteiger partial charge on any atom is -0.268 e. The molecule has 138 valence electrons. The monoisotopic (exact) mass is 415 g/mol. The third-order valence-electron chi connectivity index (χ3n) is 4.98. The van der Waals surface area contributed by atoms with Gasteiger partial charge in [-0.05, 0) is 55.4 Å². The van der Waals surface area contributed by atoms with Gasteiger partial charge >= 0.3 is 0 Å². The van der Waals surface area contributed by atoms with Gasteiger partial charge in [0.2, 0.25) is 0 Å². The highest BCUT2D eigenvalue weighted by molar-refractivity contribution is 7.99. The molecule has 1 aliphatic rings. The fraction of sp³-hybridized carbons (Fsp3) is 0.350. The molecule has 0 N–H and O–H groups in total. The third-order valence-corrected chi connectivity index (χ3v) is 7.34. The number of thioether (sulfide) groups is 1. The van der Waals surface area contributed by atoms with Crippen LogP contribution in [0.2, 0.25) is 5.02 Å². The number of halogens is 1. The van der Waals surface area contributed by atoms with Gasteiger partial charge in [-0.2, -0.15) is 5.26 Å². The lowest BCUT2D eigenvalue weighted by Gasteiger charge is -2.18. The first-order valence-electron chi connectivity index (χ1n) is 8.83. The molecule has 0 bridgehead atoms. The van der Waals surface area contributed by atoms with Crippen molar-refractivity contribution in [3.63, 3.8) is 0 Å². The van der Waals surface area contributed by atoms with E-state index in [1.807, 2.05) is 19.1 Å². The summed E-state index contributed by atoms with van der Waals surface area (Å²) in [5, 5.41) is 10.9. The van der Waals surface area contributed by atoms with Gasteiger partial charge in [-0.1, -0.05) is 36.4 Å². The Morgan fingerprint density at radius 1 is 1.48 bits per heavy atom. The standard InChI is InChI=1S/C20H18ClN3OS2/c1-11-3-6-14-16(9-11)27-18-17(14)19(25)24(20(23-18)26-8-7-22)13-5-4-12(2)15(21)10-13/h4-5,10-11H,3,6,8-9H2,1-2H3/t11-/m0/s1. The van der Waals surface area contributed by atoms with Crippen LogP contribution in [-0.4, -0.2) is 15.3 Å². The molecule has 3 aromatic rings. The zero-order chi connectivity index (χ0) is 19.1. The van der Waals surface area contributed by atoms with Crippen molar-refractivity contribution in [1.29, 1.82) is 5.26 Å². The van der Waals surface area contributed by atoms with Crippen LogP contribution in [0.3, 0.4) is 0 Å². The highest BCUT2D eigenvalue weighted by Gasteiger charge is 2.25. The van der Waals surface area contributed by atoms with E-state index in [9.17, 15) is 4.79 Å². The molecule has 1 atom stereocenters. The van der Waals surface area contributed by atoms with Crippen LogP contribution in [0.4, 0.5) is 0 Å². The maximum Gasteiger partial charge on any atom is 0.267 e. The quantitative estimate of drug-likeness (QED) is 0.438. The molecule has 2 heterocycles. The Balaban J connectivity index is 2.00. The second-order valence-electron chi connectivity index (χ2n) is 6.95. The van der Waals surface area contributed by atoms with Crippen molar-refractivity contribution in [2.75, 3.05) is 5.75 Å². The number of hydrogen-bond donors (Lipinski definition) is 0. The summed E-state index contributed by atoms with van der Waals surface area (Å²) in [5.74, 6) is 0.871. The molecule has 0 spiro atoms. The molecule has 7 heteroatoms. The Bertz CT molecular complexity index is 1140. The molecule has 0 radical (unpaired) electrons. The van der Waals surface area contributed by atoms with E-state index in [0.717, 1.165) is 40.6 Å². The van der Waals surface area contributed by atoms with E-state index in [0.29, 0.717) is 21.8 Å². The number of nitriles is 1. The van der Waals surface area contributed by atoms with Crippen LogP contribution in [-0.2, 0) is 12.8 Å². The summed E-state index contributed by atoms with van der Waals surface area (Å²) >= 11 is 9.22. The van der Waals surface area contributed by atoms with Crippen LogP contribution < -0.4 is 5.56 Å². The maximum absolute atomic E-state index is 13.5. The number of thiophene rings is 1. The minimum atomic E-state index is -0.0626. The highest BCUT2D eigenvalue weighted by atomic mass is 35.5. The third kappa shape index (κ3) is 3.29.